The minimum absolute atomic E-state index is 0.328. The monoisotopic (exact) mass is 354 g/mol. The molecule has 0 aliphatic carbocycles. The summed E-state index contributed by atoms with van der Waals surface area (Å²) in [5.41, 5.74) is 3.85. The minimum atomic E-state index is -1.45. The molecule has 0 radical (unpaired) electrons. The molecule has 25 heavy (non-hydrogen) atoms. The standard InChI is InChI=1S/C22H30O2Si/c1-17-7-9-19(10-8-17)6-5-15-25(3,4)21-13-11-20(12-14-21)16-18(2)22(23)24/h7-14,18H,5-6,15-16H2,1-4H3,(H,23,24). The van der Waals surface area contributed by atoms with Gasteiger partial charge in [0.2, 0.25) is 0 Å². The van der Waals surface area contributed by atoms with Crippen molar-refractivity contribution >= 4 is 19.2 Å². The lowest BCUT2D eigenvalue weighted by Crippen LogP contribution is -2.41. The number of aliphatic carboxylic acids is 1. The van der Waals surface area contributed by atoms with E-state index in [1.807, 2.05) is 0 Å². The Bertz CT molecular complexity index is 687. The molecule has 0 saturated carbocycles. The van der Waals surface area contributed by atoms with Crippen LogP contribution in [0.25, 0.3) is 0 Å². The summed E-state index contributed by atoms with van der Waals surface area (Å²) >= 11 is 0. The third-order valence-electron chi connectivity index (χ3n) is 5.09. The Balaban J connectivity index is 1.92. The Morgan fingerprint density at radius 1 is 1.00 bits per heavy atom. The topological polar surface area (TPSA) is 37.3 Å². The number of aryl methyl sites for hydroxylation is 2. The van der Waals surface area contributed by atoms with Crippen LogP contribution < -0.4 is 5.19 Å². The summed E-state index contributed by atoms with van der Waals surface area (Å²) in [6.07, 6.45) is 2.97. The second-order valence-electron chi connectivity index (χ2n) is 7.86. The van der Waals surface area contributed by atoms with Crippen molar-refractivity contribution in [2.75, 3.05) is 0 Å². The highest BCUT2D eigenvalue weighted by molar-refractivity contribution is 6.89. The van der Waals surface area contributed by atoms with Crippen molar-refractivity contribution in [1.29, 1.82) is 0 Å². The molecule has 2 nitrogen and oxygen atoms in total. The Labute approximate surface area is 152 Å². The SMILES string of the molecule is Cc1ccc(CCC[Si](C)(C)c2ccc(CC(C)C(=O)O)cc2)cc1. The minimum Gasteiger partial charge on any atom is -0.481 e. The van der Waals surface area contributed by atoms with Gasteiger partial charge in [-0.2, -0.15) is 0 Å². The number of benzene rings is 2. The van der Waals surface area contributed by atoms with Gasteiger partial charge in [-0.25, -0.2) is 0 Å². The first-order valence-corrected chi connectivity index (χ1v) is 12.4. The largest absolute Gasteiger partial charge is 0.481 e. The summed E-state index contributed by atoms with van der Waals surface area (Å²) in [4.78, 5) is 11.0. The van der Waals surface area contributed by atoms with E-state index in [0.29, 0.717) is 6.42 Å². The Morgan fingerprint density at radius 2 is 1.56 bits per heavy atom. The fourth-order valence-corrected chi connectivity index (χ4v) is 5.58. The fourth-order valence-electron chi connectivity index (χ4n) is 3.17. The van der Waals surface area contributed by atoms with Crippen LogP contribution in [0, 0.1) is 12.8 Å². The van der Waals surface area contributed by atoms with E-state index in [0.717, 1.165) is 12.0 Å². The molecule has 2 rings (SSSR count). The van der Waals surface area contributed by atoms with Crippen LogP contribution in [0.1, 0.15) is 30.0 Å². The maximum Gasteiger partial charge on any atom is 0.306 e. The van der Waals surface area contributed by atoms with Crippen LogP contribution in [0.3, 0.4) is 0 Å². The summed E-state index contributed by atoms with van der Waals surface area (Å²) in [6.45, 7) is 8.74. The average Bonchev–Trinajstić information content (AvgIpc) is 2.57. The number of carboxylic acid groups (broad SMARTS) is 1. The van der Waals surface area contributed by atoms with Gasteiger partial charge in [0.25, 0.3) is 0 Å². The second-order valence-corrected chi connectivity index (χ2v) is 12.7. The second kappa shape index (κ2) is 8.48. The van der Waals surface area contributed by atoms with Gasteiger partial charge < -0.3 is 5.11 Å². The number of hydrogen-bond acceptors (Lipinski definition) is 1. The molecule has 1 atom stereocenters. The van der Waals surface area contributed by atoms with Crippen molar-refractivity contribution in [2.24, 2.45) is 5.92 Å². The molecule has 2 aromatic carbocycles. The van der Waals surface area contributed by atoms with E-state index in [1.165, 1.54) is 28.8 Å². The van der Waals surface area contributed by atoms with Crippen molar-refractivity contribution in [3.05, 3.63) is 65.2 Å². The molecule has 0 aromatic heterocycles. The lowest BCUT2D eigenvalue weighted by atomic mass is 10.0. The molecule has 1 unspecified atom stereocenters. The zero-order valence-electron chi connectivity index (χ0n) is 15.9. The first kappa shape index (κ1) is 19.5. The van der Waals surface area contributed by atoms with Gasteiger partial charge in [0.05, 0.1) is 14.0 Å². The highest BCUT2D eigenvalue weighted by Crippen LogP contribution is 2.17. The third kappa shape index (κ3) is 5.85. The van der Waals surface area contributed by atoms with Crippen molar-refractivity contribution < 1.29 is 9.90 Å². The average molecular weight is 355 g/mol. The van der Waals surface area contributed by atoms with Gasteiger partial charge in [-0.15, -0.1) is 0 Å². The molecule has 0 spiro atoms. The molecule has 1 N–H and O–H groups in total. The van der Waals surface area contributed by atoms with E-state index in [4.69, 9.17) is 5.11 Å². The van der Waals surface area contributed by atoms with E-state index >= 15 is 0 Å². The number of rotatable bonds is 8. The van der Waals surface area contributed by atoms with Crippen molar-refractivity contribution in [3.8, 4) is 0 Å². The van der Waals surface area contributed by atoms with Crippen LogP contribution in [0.2, 0.25) is 19.1 Å². The zero-order valence-corrected chi connectivity index (χ0v) is 16.9. The lowest BCUT2D eigenvalue weighted by molar-refractivity contribution is -0.141. The van der Waals surface area contributed by atoms with E-state index in [2.05, 4.69) is 68.5 Å². The summed E-state index contributed by atoms with van der Waals surface area (Å²) < 4.78 is 0. The maximum absolute atomic E-state index is 11.0. The predicted molar refractivity (Wildman–Crippen MR) is 108 cm³/mol. The van der Waals surface area contributed by atoms with Gasteiger partial charge >= 0.3 is 5.97 Å². The Hall–Kier alpha value is -1.87. The molecule has 0 amide bonds. The summed E-state index contributed by atoms with van der Waals surface area (Å²) in [5, 5.41) is 10.5. The first-order valence-electron chi connectivity index (χ1n) is 9.16. The molecule has 0 saturated heterocycles. The molecule has 0 fully saturated rings. The Morgan fingerprint density at radius 3 is 2.12 bits per heavy atom. The van der Waals surface area contributed by atoms with Gasteiger partial charge in [0.15, 0.2) is 0 Å². The van der Waals surface area contributed by atoms with Crippen LogP contribution in [0.15, 0.2) is 48.5 Å². The van der Waals surface area contributed by atoms with Gasteiger partial charge in [0, 0.05) is 0 Å². The molecule has 2 aromatic rings. The van der Waals surface area contributed by atoms with E-state index in [1.54, 1.807) is 6.92 Å². The number of carboxylic acids is 1. The molecule has 0 aliphatic heterocycles. The fraction of sp³-hybridized carbons (Fsp3) is 0.409. The van der Waals surface area contributed by atoms with Crippen LogP contribution in [-0.2, 0) is 17.6 Å². The zero-order chi connectivity index (χ0) is 18.4. The molecule has 0 aliphatic rings. The van der Waals surface area contributed by atoms with Gasteiger partial charge in [-0.05, 0) is 30.9 Å². The number of carbonyl (C=O) groups is 1. The molecular weight excluding hydrogens is 324 g/mol. The van der Waals surface area contributed by atoms with Crippen molar-refractivity contribution in [2.45, 2.75) is 52.2 Å². The first-order chi connectivity index (χ1) is 11.8. The molecule has 0 bridgehead atoms. The van der Waals surface area contributed by atoms with Crippen LogP contribution in [0.5, 0.6) is 0 Å². The smallest absolute Gasteiger partial charge is 0.306 e. The predicted octanol–water partition coefficient (Wildman–Crippen LogP) is 4.81. The van der Waals surface area contributed by atoms with E-state index in [-0.39, 0.29) is 5.92 Å². The highest BCUT2D eigenvalue weighted by atomic mass is 28.3. The summed E-state index contributed by atoms with van der Waals surface area (Å²) in [7, 11) is -1.45. The summed E-state index contributed by atoms with van der Waals surface area (Å²) in [5.74, 6) is -1.06. The van der Waals surface area contributed by atoms with E-state index in [9.17, 15) is 4.79 Å². The summed E-state index contributed by atoms with van der Waals surface area (Å²) in [6, 6.07) is 18.8. The van der Waals surface area contributed by atoms with Crippen LogP contribution >= 0.6 is 0 Å². The highest BCUT2D eigenvalue weighted by Gasteiger charge is 2.23. The van der Waals surface area contributed by atoms with Gasteiger partial charge in [-0.3, -0.25) is 4.79 Å². The number of hydrogen-bond donors (Lipinski definition) is 1. The molecule has 3 heteroatoms. The van der Waals surface area contributed by atoms with Crippen molar-refractivity contribution in [1.82, 2.24) is 0 Å². The normalized spacial score (nSPS) is 12.8. The molecular formula is C22H30O2Si. The lowest BCUT2D eigenvalue weighted by Gasteiger charge is -2.23. The molecule has 0 heterocycles. The van der Waals surface area contributed by atoms with Gasteiger partial charge in [-0.1, -0.05) is 91.8 Å². The van der Waals surface area contributed by atoms with Crippen molar-refractivity contribution in [3.63, 3.8) is 0 Å². The van der Waals surface area contributed by atoms with E-state index < -0.39 is 14.0 Å². The molecule has 134 valence electrons. The van der Waals surface area contributed by atoms with Crippen LogP contribution in [-0.4, -0.2) is 19.1 Å². The maximum atomic E-state index is 11.0. The third-order valence-corrected chi connectivity index (χ3v) is 8.59. The van der Waals surface area contributed by atoms with Gasteiger partial charge in [0.1, 0.15) is 0 Å². The quantitative estimate of drug-likeness (QED) is 0.691. The van der Waals surface area contributed by atoms with Crippen LogP contribution in [0.4, 0.5) is 0 Å². The Kier molecular flexibility index (Phi) is 6.60.